The molecule has 1 spiro atoms. The number of rotatable bonds is 9. The quantitative estimate of drug-likeness (QED) is 0.596. The van der Waals surface area contributed by atoms with Crippen molar-refractivity contribution < 1.29 is 24.5 Å². The number of hydrogen-bond donors (Lipinski definition) is 2. The first kappa shape index (κ1) is 20.5. The fourth-order valence-corrected chi connectivity index (χ4v) is 5.41. The zero-order chi connectivity index (χ0) is 21.1. The standard InChI is InChI=1S/C25H28O5/c26-21(27)10-3-8-17-5-1-6-18-12-14-25(23(17)18)15-13-19-7-2-9-20(24(19)25)30-16-4-11-22(28)29/h1-2,5-7,9H,3-4,8,10-16H2,(H,26,27)(H,28,29). The number of benzene rings is 2. The van der Waals surface area contributed by atoms with E-state index in [4.69, 9.17) is 14.9 Å². The molecule has 1 unspecified atom stereocenters. The van der Waals surface area contributed by atoms with Crippen LogP contribution in [0.2, 0.25) is 0 Å². The largest absolute Gasteiger partial charge is 0.493 e. The van der Waals surface area contributed by atoms with Crippen LogP contribution in [0.1, 0.15) is 66.3 Å². The Morgan fingerprint density at radius 2 is 1.50 bits per heavy atom. The normalized spacial score (nSPS) is 18.9. The number of aryl methyl sites for hydroxylation is 3. The van der Waals surface area contributed by atoms with E-state index in [1.807, 2.05) is 12.1 Å². The van der Waals surface area contributed by atoms with E-state index in [0.717, 1.165) is 37.9 Å². The predicted octanol–water partition coefficient (Wildman–Crippen LogP) is 4.52. The molecule has 2 aromatic carbocycles. The SMILES string of the molecule is O=C(O)CCCOc1cccc2c1C1(CCc3cccc(CCCC(=O)O)c31)CC2. The molecule has 0 bridgehead atoms. The molecule has 0 saturated heterocycles. The van der Waals surface area contributed by atoms with Gasteiger partial charge in [-0.3, -0.25) is 9.59 Å². The van der Waals surface area contributed by atoms with Crippen LogP contribution in [0.4, 0.5) is 0 Å². The fourth-order valence-electron chi connectivity index (χ4n) is 5.41. The van der Waals surface area contributed by atoms with Gasteiger partial charge in [-0.05, 0) is 73.3 Å². The number of carboxylic acid groups (broad SMARTS) is 2. The Morgan fingerprint density at radius 3 is 2.20 bits per heavy atom. The zero-order valence-corrected chi connectivity index (χ0v) is 17.2. The summed E-state index contributed by atoms with van der Waals surface area (Å²) in [5.74, 6) is -0.673. The molecule has 0 saturated carbocycles. The first-order valence-electron chi connectivity index (χ1n) is 10.8. The minimum atomic E-state index is -0.802. The van der Waals surface area contributed by atoms with Gasteiger partial charge in [0.05, 0.1) is 6.61 Å². The van der Waals surface area contributed by atoms with E-state index in [1.54, 1.807) is 0 Å². The maximum Gasteiger partial charge on any atom is 0.303 e. The van der Waals surface area contributed by atoms with Crippen molar-refractivity contribution in [3.8, 4) is 5.75 Å². The van der Waals surface area contributed by atoms with E-state index in [9.17, 15) is 9.59 Å². The van der Waals surface area contributed by atoms with Gasteiger partial charge in [0.15, 0.2) is 0 Å². The van der Waals surface area contributed by atoms with Crippen LogP contribution in [0.3, 0.4) is 0 Å². The van der Waals surface area contributed by atoms with Crippen molar-refractivity contribution in [1.82, 2.24) is 0 Å². The van der Waals surface area contributed by atoms with Crippen LogP contribution in [0.5, 0.6) is 5.75 Å². The van der Waals surface area contributed by atoms with Crippen LogP contribution in [0, 0.1) is 0 Å². The van der Waals surface area contributed by atoms with Gasteiger partial charge in [-0.2, -0.15) is 0 Å². The molecule has 0 amide bonds. The number of hydrogen-bond acceptors (Lipinski definition) is 3. The van der Waals surface area contributed by atoms with Gasteiger partial charge in [-0.1, -0.05) is 30.3 Å². The van der Waals surface area contributed by atoms with E-state index in [1.165, 1.54) is 27.8 Å². The monoisotopic (exact) mass is 408 g/mol. The number of aliphatic carboxylic acids is 2. The summed E-state index contributed by atoms with van der Waals surface area (Å²) in [4.78, 5) is 21.8. The summed E-state index contributed by atoms with van der Waals surface area (Å²) in [5, 5.41) is 17.9. The van der Waals surface area contributed by atoms with E-state index in [-0.39, 0.29) is 18.3 Å². The molecule has 5 heteroatoms. The second kappa shape index (κ2) is 8.50. The average Bonchev–Trinajstić information content (AvgIpc) is 3.28. The molecule has 30 heavy (non-hydrogen) atoms. The van der Waals surface area contributed by atoms with E-state index >= 15 is 0 Å². The summed E-state index contributed by atoms with van der Waals surface area (Å²) in [7, 11) is 0. The van der Waals surface area contributed by atoms with Crippen molar-refractivity contribution in [1.29, 1.82) is 0 Å². The zero-order valence-electron chi connectivity index (χ0n) is 17.2. The van der Waals surface area contributed by atoms with Crippen molar-refractivity contribution in [2.75, 3.05) is 6.61 Å². The highest BCUT2D eigenvalue weighted by molar-refractivity contribution is 5.67. The Balaban J connectivity index is 1.66. The first-order chi connectivity index (χ1) is 14.5. The molecular formula is C25H28O5. The molecule has 0 aromatic heterocycles. The smallest absolute Gasteiger partial charge is 0.303 e. The molecule has 2 aromatic rings. The first-order valence-corrected chi connectivity index (χ1v) is 10.8. The lowest BCUT2D eigenvalue weighted by Crippen LogP contribution is -2.24. The van der Waals surface area contributed by atoms with Crippen LogP contribution in [-0.2, 0) is 34.3 Å². The molecule has 0 radical (unpaired) electrons. The highest BCUT2D eigenvalue weighted by Crippen LogP contribution is 2.56. The van der Waals surface area contributed by atoms with Crippen LogP contribution in [0.15, 0.2) is 36.4 Å². The van der Waals surface area contributed by atoms with E-state index in [0.29, 0.717) is 19.4 Å². The molecule has 0 aliphatic heterocycles. The predicted molar refractivity (Wildman–Crippen MR) is 113 cm³/mol. The van der Waals surface area contributed by atoms with Crippen molar-refractivity contribution >= 4 is 11.9 Å². The van der Waals surface area contributed by atoms with Gasteiger partial charge in [0.1, 0.15) is 5.75 Å². The van der Waals surface area contributed by atoms with E-state index < -0.39 is 11.9 Å². The summed E-state index contributed by atoms with van der Waals surface area (Å²) in [6, 6.07) is 12.7. The maximum atomic E-state index is 11.0. The number of ether oxygens (including phenoxy) is 1. The lowest BCUT2D eigenvalue weighted by molar-refractivity contribution is -0.138. The Morgan fingerprint density at radius 1 is 0.867 bits per heavy atom. The molecule has 2 N–H and O–H groups in total. The Kier molecular flexibility index (Phi) is 5.80. The third-order valence-electron chi connectivity index (χ3n) is 6.58. The van der Waals surface area contributed by atoms with Crippen LogP contribution in [0.25, 0.3) is 0 Å². The van der Waals surface area contributed by atoms with Crippen molar-refractivity contribution in [3.05, 3.63) is 64.2 Å². The number of fused-ring (bicyclic) bond motifs is 4. The van der Waals surface area contributed by atoms with Crippen LogP contribution in [-0.4, -0.2) is 28.8 Å². The summed E-state index contributed by atoms with van der Waals surface area (Å²) >= 11 is 0. The molecule has 2 aliphatic rings. The highest BCUT2D eigenvalue weighted by Gasteiger charge is 2.47. The van der Waals surface area contributed by atoms with Gasteiger partial charge >= 0.3 is 11.9 Å². The minimum Gasteiger partial charge on any atom is -0.493 e. The summed E-state index contributed by atoms with van der Waals surface area (Å²) in [6.45, 7) is 0.395. The Labute approximate surface area is 176 Å². The topological polar surface area (TPSA) is 83.8 Å². The molecule has 158 valence electrons. The highest BCUT2D eigenvalue weighted by atomic mass is 16.5. The fraction of sp³-hybridized carbons (Fsp3) is 0.440. The number of carboxylic acids is 2. The average molecular weight is 408 g/mol. The van der Waals surface area contributed by atoms with Crippen LogP contribution >= 0.6 is 0 Å². The molecule has 0 heterocycles. The van der Waals surface area contributed by atoms with Gasteiger partial charge in [-0.15, -0.1) is 0 Å². The summed E-state index contributed by atoms with van der Waals surface area (Å²) < 4.78 is 6.11. The molecule has 2 aliphatic carbocycles. The second-order valence-corrected chi connectivity index (χ2v) is 8.42. The third kappa shape index (κ3) is 3.81. The van der Waals surface area contributed by atoms with Gasteiger partial charge in [0.25, 0.3) is 0 Å². The van der Waals surface area contributed by atoms with Gasteiger partial charge in [0.2, 0.25) is 0 Å². The molecule has 0 fully saturated rings. The molecule has 1 atom stereocenters. The third-order valence-corrected chi connectivity index (χ3v) is 6.58. The van der Waals surface area contributed by atoms with E-state index in [2.05, 4.69) is 24.3 Å². The lowest BCUT2D eigenvalue weighted by Gasteiger charge is -2.30. The Bertz CT molecular complexity index is 960. The molecular weight excluding hydrogens is 380 g/mol. The summed E-state index contributed by atoms with van der Waals surface area (Å²) in [5.41, 5.74) is 6.53. The van der Waals surface area contributed by atoms with Gasteiger partial charge < -0.3 is 14.9 Å². The number of carbonyl (C=O) groups is 2. The maximum absolute atomic E-state index is 11.0. The lowest BCUT2D eigenvalue weighted by atomic mass is 9.74. The molecule has 5 nitrogen and oxygen atoms in total. The Hall–Kier alpha value is -2.82. The summed E-state index contributed by atoms with van der Waals surface area (Å²) in [6.07, 6.45) is 6.31. The van der Waals surface area contributed by atoms with Crippen molar-refractivity contribution in [2.45, 2.75) is 63.2 Å². The van der Waals surface area contributed by atoms with Gasteiger partial charge in [-0.25, -0.2) is 0 Å². The molecule has 4 rings (SSSR count). The van der Waals surface area contributed by atoms with Gasteiger partial charge in [0, 0.05) is 23.8 Å². The van der Waals surface area contributed by atoms with Crippen molar-refractivity contribution in [3.63, 3.8) is 0 Å². The minimum absolute atomic E-state index is 0.0755. The van der Waals surface area contributed by atoms with Crippen LogP contribution < -0.4 is 4.74 Å². The second-order valence-electron chi connectivity index (χ2n) is 8.42. The van der Waals surface area contributed by atoms with Crippen molar-refractivity contribution in [2.24, 2.45) is 0 Å².